The summed E-state index contributed by atoms with van der Waals surface area (Å²) < 4.78 is 0. The number of hydrogen-bond acceptors (Lipinski definition) is 1. The number of hydrogen-bond donors (Lipinski definition) is 0. The maximum absolute atomic E-state index is 12.3. The molecule has 0 heterocycles. The smallest absolute Gasteiger partial charge is 0.225 e. The molecule has 2 saturated carbocycles. The molecule has 0 atom stereocenters. The molecule has 2 nitrogen and oxygen atoms in total. The van der Waals surface area contributed by atoms with Crippen LogP contribution in [0.5, 0.6) is 0 Å². The number of carbonyl (C=O) groups excluding carboxylic acids is 1. The van der Waals surface area contributed by atoms with Crippen LogP contribution in [0.3, 0.4) is 0 Å². The fraction of sp³-hybridized carbons (Fsp3) is 0.722. The number of allylic oxidation sites excluding steroid dienone is 3. The van der Waals surface area contributed by atoms with Gasteiger partial charge in [0.15, 0.2) is 0 Å². The lowest BCUT2D eigenvalue weighted by atomic mass is 10.1. The maximum atomic E-state index is 12.3. The molecule has 0 N–H and O–H groups in total. The van der Waals surface area contributed by atoms with Crippen LogP contribution in [0.2, 0.25) is 0 Å². The fourth-order valence-corrected chi connectivity index (χ4v) is 2.41. The molecule has 0 unspecified atom stereocenters. The Kier molecular flexibility index (Phi) is 5.45. The lowest BCUT2D eigenvalue weighted by Gasteiger charge is -2.21. The first-order valence-electron chi connectivity index (χ1n) is 8.14. The van der Waals surface area contributed by atoms with Gasteiger partial charge < -0.3 is 4.90 Å². The molecule has 2 aliphatic carbocycles. The summed E-state index contributed by atoms with van der Waals surface area (Å²) >= 11 is 0. The SMILES string of the molecule is CC(C)=CCC/C(C)=C\CN(CC1CC1)C(=O)C1CC1. The molecule has 0 radical (unpaired) electrons. The normalized spacial score (nSPS) is 18.9. The van der Waals surface area contributed by atoms with Crippen LogP contribution in [-0.4, -0.2) is 23.9 Å². The Bertz CT molecular complexity index is 396. The third-order valence-corrected chi connectivity index (χ3v) is 4.17. The van der Waals surface area contributed by atoms with Crippen molar-refractivity contribution >= 4 is 5.91 Å². The first kappa shape index (κ1) is 15.3. The predicted molar refractivity (Wildman–Crippen MR) is 84.5 cm³/mol. The molecule has 2 heteroatoms. The van der Waals surface area contributed by atoms with Gasteiger partial charge in [-0.1, -0.05) is 23.3 Å². The van der Waals surface area contributed by atoms with Crippen molar-refractivity contribution in [2.45, 2.75) is 59.3 Å². The zero-order valence-corrected chi connectivity index (χ0v) is 13.3. The standard InChI is InChI=1S/C18H29NO/c1-14(2)5-4-6-15(3)11-12-19(13-16-7-8-16)18(20)17-9-10-17/h5,11,16-17H,4,6-10,12-13H2,1-3H3/b15-11-. The number of amides is 1. The van der Waals surface area contributed by atoms with Crippen molar-refractivity contribution in [2.75, 3.05) is 13.1 Å². The maximum Gasteiger partial charge on any atom is 0.225 e. The van der Waals surface area contributed by atoms with Crippen molar-refractivity contribution in [3.05, 3.63) is 23.3 Å². The van der Waals surface area contributed by atoms with Crippen LogP contribution in [-0.2, 0) is 4.79 Å². The van der Waals surface area contributed by atoms with Gasteiger partial charge in [-0.2, -0.15) is 0 Å². The summed E-state index contributed by atoms with van der Waals surface area (Å²) in [6.07, 6.45) is 11.6. The molecule has 0 bridgehead atoms. The zero-order chi connectivity index (χ0) is 14.5. The summed E-state index contributed by atoms with van der Waals surface area (Å²) in [5, 5.41) is 0. The highest BCUT2D eigenvalue weighted by atomic mass is 16.2. The van der Waals surface area contributed by atoms with E-state index in [4.69, 9.17) is 0 Å². The summed E-state index contributed by atoms with van der Waals surface area (Å²) in [5.74, 6) is 1.55. The van der Waals surface area contributed by atoms with Crippen LogP contribution in [0, 0.1) is 11.8 Å². The second kappa shape index (κ2) is 7.10. The predicted octanol–water partition coefficient (Wildman–Crippen LogP) is 4.33. The summed E-state index contributed by atoms with van der Waals surface area (Å²) in [5.41, 5.74) is 2.80. The molecule has 0 aromatic heterocycles. The van der Waals surface area contributed by atoms with Gasteiger partial charge in [-0.25, -0.2) is 0 Å². The summed E-state index contributed by atoms with van der Waals surface area (Å²) in [4.78, 5) is 14.4. The molecule has 2 aliphatic rings. The van der Waals surface area contributed by atoms with Gasteiger partial charge in [0.05, 0.1) is 0 Å². The van der Waals surface area contributed by atoms with Crippen LogP contribution >= 0.6 is 0 Å². The summed E-state index contributed by atoms with van der Waals surface area (Å²) in [6.45, 7) is 8.30. The van der Waals surface area contributed by atoms with Crippen molar-refractivity contribution in [1.29, 1.82) is 0 Å². The Balaban J connectivity index is 1.79. The largest absolute Gasteiger partial charge is 0.338 e. The molecule has 2 fully saturated rings. The summed E-state index contributed by atoms with van der Waals surface area (Å²) in [7, 11) is 0. The Morgan fingerprint density at radius 3 is 2.35 bits per heavy atom. The number of nitrogens with zero attached hydrogens (tertiary/aromatic N) is 1. The quantitative estimate of drug-likeness (QED) is 0.604. The number of carbonyl (C=O) groups is 1. The lowest BCUT2D eigenvalue weighted by molar-refractivity contribution is -0.132. The Hall–Kier alpha value is -1.05. The molecule has 0 saturated heterocycles. The second-order valence-electron chi connectivity index (χ2n) is 6.83. The first-order valence-corrected chi connectivity index (χ1v) is 8.14. The minimum Gasteiger partial charge on any atom is -0.338 e. The van der Waals surface area contributed by atoms with E-state index in [0.717, 1.165) is 44.7 Å². The highest BCUT2D eigenvalue weighted by molar-refractivity contribution is 5.81. The average molecular weight is 275 g/mol. The van der Waals surface area contributed by atoms with E-state index in [-0.39, 0.29) is 0 Å². The molecule has 0 spiro atoms. The van der Waals surface area contributed by atoms with E-state index in [9.17, 15) is 4.79 Å². The molecular weight excluding hydrogens is 246 g/mol. The van der Waals surface area contributed by atoms with Crippen molar-refractivity contribution in [3.8, 4) is 0 Å². The van der Waals surface area contributed by atoms with Gasteiger partial charge in [-0.3, -0.25) is 4.79 Å². The minimum absolute atomic E-state index is 0.355. The Morgan fingerprint density at radius 1 is 1.10 bits per heavy atom. The molecule has 20 heavy (non-hydrogen) atoms. The van der Waals surface area contributed by atoms with Crippen molar-refractivity contribution < 1.29 is 4.79 Å². The van der Waals surface area contributed by atoms with E-state index in [0.29, 0.717) is 11.8 Å². The van der Waals surface area contributed by atoms with E-state index in [1.54, 1.807) is 0 Å². The fourth-order valence-electron chi connectivity index (χ4n) is 2.41. The highest BCUT2D eigenvalue weighted by Crippen LogP contribution is 2.34. The van der Waals surface area contributed by atoms with Gasteiger partial charge in [0, 0.05) is 19.0 Å². The van der Waals surface area contributed by atoms with Crippen molar-refractivity contribution in [1.82, 2.24) is 4.90 Å². The van der Waals surface area contributed by atoms with Gasteiger partial charge in [0.25, 0.3) is 0 Å². The van der Waals surface area contributed by atoms with Gasteiger partial charge in [-0.05, 0) is 65.2 Å². The van der Waals surface area contributed by atoms with E-state index < -0.39 is 0 Å². The van der Waals surface area contributed by atoms with Gasteiger partial charge >= 0.3 is 0 Å². The van der Waals surface area contributed by atoms with Crippen LogP contribution in [0.4, 0.5) is 0 Å². The second-order valence-corrected chi connectivity index (χ2v) is 6.83. The molecule has 1 amide bonds. The molecule has 0 aromatic carbocycles. The van der Waals surface area contributed by atoms with Gasteiger partial charge in [0.2, 0.25) is 5.91 Å². The zero-order valence-electron chi connectivity index (χ0n) is 13.3. The molecule has 112 valence electrons. The van der Waals surface area contributed by atoms with Crippen LogP contribution in [0.1, 0.15) is 59.3 Å². The van der Waals surface area contributed by atoms with Crippen molar-refractivity contribution in [3.63, 3.8) is 0 Å². The number of rotatable bonds is 8. The minimum atomic E-state index is 0.355. The van der Waals surface area contributed by atoms with Crippen molar-refractivity contribution in [2.24, 2.45) is 11.8 Å². The molecule has 0 aromatic rings. The lowest BCUT2D eigenvalue weighted by Crippen LogP contribution is -2.34. The van der Waals surface area contributed by atoms with E-state index >= 15 is 0 Å². The van der Waals surface area contributed by atoms with E-state index in [2.05, 4.69) is 37.8 Å². The Morgan fingerprint density at radius 2 is 1.80 bits per heavy atom. The van der Waals surface area contributed by atoms with Gasteiger partial charge in [0.1, 0.15) is 0 Å². The van der Waals surface area contributed by atoms with E-state index in [1.165, 1.54) is 24.0 Å². The summed E-state index contributed by atoms with van der Waals surface area (Å²) in [6, 6.07) is 0. The third-order valence-electron chi connectivity index (χ3n) is 4.17. The third kappa shape index (κ3) is 5.52. The average Bonchev–Trinajstić information content (AvgIpc) is 3.27. The monoisotopic (exact) mass is 275 g/mol. The molecule has 0 aliphatic heterocycles. The van der Waals surface area contributed by atoms with Crippen LogP contribution in [0.25, 0.3) is 0 Å². The highest BCUT2D eigenvalue weighted by Gasteiger charge is 2.35. The Labute approximate surface area is 123 Å². The first-order chi connectivity index (χ1) is 9.56. The molecular formula is C18H29NO. The van der Waals surface area contributed by atoms with Crippen LogP contribution in [0.15, 0.2) is 23.3 Å². The molecule has 2 rings (SSSR count). The topological polar surface area (TPSA) is 20.3 Å². The van der Waals surface area contributed by atoms with E-state index in [1.807, 2.05) is 0 Å². The van der Waals surface area contributed by atoms with Crippen LogP contribution < -0.4 is 0 Å². The van der Waals surface area contributed by atoms with Gasteiger partial charge in [-0.15, -0.1) is 0 Å².